The third-order valence-electron chi connectivity index (χ3n) is 4.08. The molecular formula is C17H21N3O2S. The Hall–Kier alpha value is -1.79. The molecule has 3 rings (SSSR count). The molecule has 2 aromatic rings. The molecule has 2 heterocycles. The van der Waals surface area contributed by atoms with Gasteiger partial charge >= 0.3 is 0 Å². The molecule has 0 saturated carbocycles. The summed E-state index contributed by atoms with van der Waals surface area (Å²) in [5.74, 6) is 0.619. The molecule has 1 fully saturated rings. The largest absolute Gasteiger partial charge is 0.383 e. The first-order valence-electron chi connectivity index (χ1n) is 7.82. The van der Waals surface area contributed by atoms with E-state index in [-0.39, 0.29) is 5.91 Å². The summed E-state index contributed by atoms with van der Waals surface area (Å²) in [4.78, 5) is 13.9. The van der Waals surface area contributed by atoms with Crippen molar-refractivity contribution in [1.82, 2.24) is 15.1 Å². The van der Waals surface area contributed by atoms with Crippen LogP contribution in [0.5, 0.6) is 0 Å². The van der Waals surface area contributed by atoms with E-state index in [1.165, 1.54) is 5.56 Å². The van der Waals surface area contributed by atoms with Crippen molar-refractivity contribution in [2.45, 2.75) is 19.8 Å². The van der Waals surface area contributed by atoms with Gasteiger partial charge in [-0.15, -0.1) is 10.2 Å². The monoisotopic (exact) mass is 331 g/mol. The molecule has 1 saturated heterocycles. The van der Waals surface area contributed by atoms with Crippen LogP contribution in [0.2, 0.25) is 0 Å². The van der Waals surface area contributed by atoms with Crippen molar-refractivity contribution in [3.63, 3.8) is 0 Å². The smallest absolute Gasteiger partial charge is 0.223 e. The number of carbonyl (C=O) groups is 1. The Kier molecular flexibility index (Phi) is 5.03. The van der Waals surface area contributed by atoms with E-state index >= 15 is 0 Å². The minimum Gasteiger partial charge on any atom is -0.383 e. The van der Waals surface area contributed by atoms with Crippen LogP contribution in [0, 0.1) is 12.8 Å². The lowest BCUT2D eigenvalue weighted by Crippen LogP contribution is -2.28. The number of hydrogen-bond donors (Lipinski definition) is 0. The zero-order valence-electron chi connectivity index (χ0n) is 13.5. The molecule has 0 unspecified atom stereocenters. The predicted octanol–water partition coefficient (Wildman–Crippen LogP) is 2.55. The first-order valence-corrected chi connectivity index (χ1v) is 8.63. The standard InChI is InChI=1S/C17H21N3O2S/c1-12-18-19-17(23-12)15-5-3-4-13(9-15)8-14-10-16(21)20(11-14)6-7-22-2/h3-5,9,14H,6-8,10-11H2,1-2H3/t14-/m0/s1. The van der Waals surface area contributed by atoms with Crippen LogP contribution in [0.3, 0.4) is 0 Å². The molecule has 6 heteroatoms. The van der Waals surface area contributed by atoms with Crippen molar-refractivity contribution in [2.24, 2.45) is 5.92 Å². The second-order valence-corrected chi connectivity index (χ2v) is 7.12. The highest BCUT2D eigenvalue weighted by molar-refractivity contribution is 7.14. The quantitative estimate of drug-likeness (QED) is 0.816. The van der Waals surface area contributed by atoms with Crippen molar-refractivity contribution in [3.05, 3.63) is 34.8 Å². The van der Waals surface area contributed by atoms with Gasteiger partial charge in [0.2, 0.25) is 5.91 Å². The fourth-order valence-corrected chi connectivity index (χ4v) is 3.67. The van der Waals surface area contributed by atoms with Gasteiger partial charge in [-0.2, -0.15) is 0 Å². The molecule has 5 nitrogen and oxygen atoms in total. The van der Waals surface area contributed by atoms with Gasteiger partial charge in [-0.05, 0) is 30.9 Å². The number of amides is 1. The van der Waals surface area contributed by atoms with E-state index in [2.05, 4.69) is 34.5 Å². The van der Waals surface area contributed by atoms with Crippen molar-refractivity contribution in [3.8, 4) is 10.6 Å². The van der Waals surface area contributed by atoms with Crippen molar-refractivity contribution >= 4 is 17.2 Å². The minimum atomic E-state index is 0.239. The average molecular weight is 331 g/mol. The summed E-state index contributed by atoms with van der Waals surface area (Å²) in [6.45, 7) is 4.08. The van der Waals surface area contributed by atoms with Gasteiger partial charge in [-0.1, -0.05) is 29.5 Å². The second-order valence-electron chi connectivity index (χ2n) is 5.93. The average Bonchev–Trinajstić information content (AvgIpc) is 3.11. The van der Waals surface area contributed by atoms with E-state index in [0.717, 1.165) is 28.5 Å². The summed E-state index contributed by atoms with van der Waals surface area (Å²) < 4.78 is 5.07. The maximum atomic E-state index is 12.0. The molecule has 1 aromatic heterocycles. The number of carbonyl (C=O) groups excluding carboxylic acids is 1. The molecule has 1 amide bonds. The van der Waals surface area contributed by atoms with Crippen LogP contribution in [0.15, 0.2) is 24.3 Å². The Balaban J connectivity index is 1.66. The van der Waals surface area contributed by atoms with Gasteiger partial charge in [-0.3, -0.25) is 4.79 Å². The van der Waals surface area contributed by atoms with Gasteiger partial charge in [0.05, 0.1) is 6.61 Å². The second kappa shape index (κ2) is 7.19. The number of aromatic nitrogens is 2. The molecule has 1 atom stereocenters. The van der Waals surface area contributed by atoms with E-state index in [4.69, 9.17) is 4.74 Å². The maximum Gasteiger partial charge on any atom is 0.223 e. The Morgan fingerprint density at radius 1 is 1.39 bits per heavy atom. The molecular weight excluding hydrogens is 310 g/mol. The molecule has 1 aliphatic heterocycles. The summed E-state index contributed by atoms with van der Waals surface area (Å²) >= 11 is 1.60. The first-order chi connectivity index (χ1) is 11.2. The van der Waals surface area contributed by atoms with Crippen LogP contribution < -0.4 is 0 Å². The SMILES string of the molecule is COCCN1C[C@@H](Cc2cccc(-c3nnc(C)s3)c2)CC1=O. The minimum absolute atomic E-state index is 0.239. The van der Waals surface area contributed by atoms with E-state index in [1.54, 1.807) is 18.4 Å². The van der Waals surface area contributed by atoms with Crippen LogP contribution in [0.1, 0.15) is 17.0 Å². The molecule has 0 spiro atoms. The highest BCUT2D eigenvalue weighted by Crippen LogP contribution is 2.27. The number of benzene rings is 1. The molecule has 1 aromatic carbocycles. The van der Waals surface area contributed by atoms with Gasteiger partial charge in [0.15, 0.2) is 0 Å². The van der Waals surface area contributed by atoms with Crippen LogP contribution in [-0.2, 0) is 16.0 Å². The summed E-state index contributed by atoms with van der Waals surface area (Å²) in [5.41, 5.74) is 2.36. The number of aryl methyl sites for hydroxylation is 1. The highest BCUT2D eigenvalue weighted by atomic mass is 32.1. The molecule has 0 bridgehead atoms. The highest BCUT2D eigenvalue weighted by Gasteiger charge is 2.29. The molecule has 0 aliphatic carbocycles. The Morgan fingerprint density at radius 2 is 2.26 bits per heavy atom. The molecule has 1 aliphatic rings. The van der Waals surface area contributed by atoms with E-state index < -0.39 is 0 Å². The number of rotatable bonds is 6. The summed E-state index contributed by atoms with van der Waals surface area (Å²) in [7, 11) is 1.67. The van der Waals surface area contributed by atoms with Gasteiger partial charge in [0.25, 0.3) is 0 Å². The lowest BCUT2D eigenvalue weighted by atomic mass is 9.97. The number of hydrogen-bond acceptors (Lipinski definition) is 5. The Morgan fingerprint density at radius 3 is 3.00 bits per heavy atom. The van der Waals surface area contributed by atoms with Crippen molar-refractivity contribution in [1.29, 1.82) is 0 Å². The van der Waals surface area contributed by atoms with E-state index in [0.29, 0.717) is 25.5 Å². The lowest BCUT2D eigenvalue weighted by molar-refractivity contribution is -0.128. The van der Waals surface area contributed by atoms with E-state index in [1.807, 2.05) is 11.8 Å². The van der Waals surface area contributed by atoms with E-state index in [9.17, 15) is 4.79 Å². The van der Waals surface area contributed by atoms with Crippen LogP contribution in [0.25, 0.3) is 10.6 Å². The molecule has 23 heavy (non-hydrogen) atoms. The van der Waals surface area contributed by atoms with Crippen molar-refractivity contribution < 1.29 is 9.53 Å². The van der Waals surface area contributed by atoms with Crippen molar-refractivity contribution in [2.75, 3.05) is 26.8 Å². The number of likely N-dealkylation sites (tertiary alicyclic amines) is 1. The predicted molar refractivity (Wildman–Crippen MR) is 90.3 cm³/mol. The summed E-state index contributed by atoms with van der Waals surface area (Å²) in [5, 5.41) is 10.2. The third kappa shape index (κ3) is 3.95. The van der Waals surface area contributed by atoms with Gasteiger partial charge in [0.1, 0.15) is 10.0 Å². The Bertz CT molecular complexity index is 686. The number of methoxy groups -OCH3 is 1. The fraction of sp³-hybridized carbons (Fsp3) is 0.471. The molecule has 0 radical (unpaired) electrons. The summed E-state index contributed by atoms with van der Waals surface area (Å²) in [6, 6.07) is 8.41. The fourth-order valence-electron chi connectivity index (χ4n) is 2.99. The van der Waals surface area contributed by atoms with Gasteiger partial charge in [0, 0.05) is 32.2 Å². The zero-order valence-corrected chi connectivity index (χ0v) is 14.3. The number of ether oxygens (including phenoxy) is 1. The molecule has 122 valence electrons. The molecule has 0 N–H and O–H groups in total. The van der Waals surface area contributed by atoms with Gasteiger partial charge < -0.3 is 9.64 Å². The first kappa shape index (κ1) is 16.1. The lowest BCUT2D eigenvalue weighted by Gasteiger charge is -2.16. The third-order valence-corrected chi connectivity index (χ3v) is 4.97. The normalized spacial score (nSPS) is 17.9. The van der Waals surface area contributed by atoms with Crippen LogP contribution in [0.4, 0.5) is 0 Å². The maximum absolute atomic E-state index is 12.0. The van der Waals surface area contributed by atoms with Crippen LogP contribution >= 0.6 is 11.3 Å². The van der Waals surface area contributed by atoms with Gasteiger partial charge in [-0.25, -0.2) is 0 Å². The topological polar surface area (TPSA) is 55.3 Å². The summed E-state index contributed by atoms with van der Waals surface area (Å²) in [6.07, 6.45) is 1.55. The van der Waals surface area contributed by atoms with Crippen LogP contribution in [-0.4, -0.2) is 47.8 Å². The Labute approximate surface area is 140 Å². The zero-order chi connectivity index (χ0) is 16.2. The number of nitrogens with zero attached hydrogens (tertiary/aromatic N) is 3.